The number of carboxylic acid groups (broad SMARTS) is 2. The number of methoxy groups -OCH3 is 1. The summed E-state index contributed by atoms with van der Waals surface area (Å²) in [5.41, 5.74) is 8.67. The molecule has 13 heteroatoms. The number of rotatable bonds is 11. The molecule has 10 rings (SSSR count). The molecule has 0 unspecified atom stereocenters. The highest BCUT2D eigenvalue weighted by Crippen LogP contribution is 2.38. The number of phenolic OH excluding ortho intramolecular Hbond substituents is 2. The minimum atomic E-state index is -1.34. The molecule has 13 nitrogen and oxygen atoms in total. The van der Waals surface area contributed by atoms with Gasteiger partial charge in [0.15, 0.2) is 5.78 Å². The Morgan fingerprint density at radius 2 is 1.22 bits per heavy atom. The van der Waals surface area contributed by atoms with Gasteiger partial charge in [-0.25, -0.2) is 9.59 Å². The van der Waals surface area contributed by atoms with E-state index in [1.165, 1.54) is 88.4 Å². The fourth-order valence-electron chi connectivity index (χ4n) is 9.27. The van der Waals surface area contributed by atoms with Crippen LogP contribution in [0.25, 0.3) is 50.3 Å². The third-order valence-corrected chi connectivity index (χ3v) is 13.3. The van der Waals surface area contributed by atoms with E-state index in [0.717, 1.165) is 0 Å². The molecule has 0 fully saturated rings. The maximum absolute atomic E-state index is 12.9. The first-order chi connectivity index (χ1) is 36.5. The predicted octanol–water partition coefficient (Wildman–Crippen LogP) is 11.4. The average molecular weight is 1010 g/mol. The minimum Gasteiger partial charge on any atom is -0.872 e. The zero-order chi connectivity index (χ0) is 54.4. The van der Waals surface area contributed by atoms with Crippen LogP contribution in [0.15, 0.2) is 170 Å². The lowest BCUT2D eigenvalue weighted by atomic mass is 9.90. The number of pyridine rings is 1. The van der Waals surface area contributed by atoms with E-state index < -0.39 is 29.2 Å². The van der Waals surface area contributed by atoms with Crippen molar-refractivity contribution in [2.75, 3.05) is 26.1 Å². The maximum atomic E-state index is 12.9. The summed E-state index contributed by atoms with van der Waals surface area (Å²) in [6.45, 7) is 4.35. The van der Waals surface area contributed by atoms with Crippen molar-refractivity contribution in [3.8, 4) is 34.4 Å². The van der Waals surface area contributed by atoms with Gasteiger partial charge in [0.05, 0.1) is 23.8 Å². The Balaban J connectivity index is 0.000000156. The minimum absolute atomic E-state index is 0.103. The molecule has 5 N–H and O–H groups in total. The van der Waals surface area contributed by atoms with E-state index in [0.29, 0.717) is 27.3 Å². The van der Waals surface area contributed by atoms with Gasteiger partial charge < -0.3 is 44.8 Å². The molecular formula is C63H55N3O10. The van der Waals surface area contributed by atoms with Gasteiger partial charge in [-0.2, -0.15) is 4.57 Å². The van der Waals surface area contributed by atoms with Gasteiger partial charge in [-0.3, -0.25) is 4.79 Å². The van der Waals surface area contributed by atoms with E-state index in [1.54, 1.807) is 66.7 Å². The second-order valence-electron chi connectivity index (χ2n) is 18.2. The number of carbonyl (C=O) groups is 3. The molecule has 382 valence electrons. The van der Waals surface area contributed by atoms with Gasteiger partial charge >= 0.3 is 11.9 Å². The summed E-state index contributed by atoms with van der Waals surface area (Å²) in [6, 6.07) is 50.9. The van der Waals surface area contributed by atoms with Crippen LogP contribution < -0.4 is 19.3 Å². The zero-order valence-corrected chi connectivity index (χ0v) is 42.6. The number of nitrogens with zero attached hydrogens (tertiary/aromatic N) is 3. The molecule has 8 aromatic carbocycles. The maximum Gasteiger partial charge on any atom is 0.339 e. The van der Waals surface area contributed by atoms with E-state index in [4.69, 9.17) is 4.74 Å². The van der Waals surface area contributed by atoms with Crippen LogP contribution in [0.2, 0.25) is 0 Å². The standard InChI is InChI=1S/C26H28N3.C23H16O6.C14H12O4/c1-19-17-21(20(2)29(19)24-9-7-6-8-10-24)11-13-23-14-12-22-18-25(27(3)4)15-16-26(22)28(23)5;24-20-16(14-7-3-1-5-12(14)9-18(20)22(26)27)11-17-15-8-4-2-6-13(15)10-19(21(17)25)23(28)29;1-18-9-6-7-11(13(16)8-9)14(17)10-4-2-3-5-12(10)15/h6-18H,1-5H3;1-10,24-25H,11H2,(H,26,27)(H,28,29);2-8,15-16H,1H3/q+1;;/p-1. The number of carboxylic acids is 2. The average Bonchev–Trinajstić information content (AvgIpc) is 3.75. The Hall–Kier alpha value is -9.88. The number of aromatic hydroxyl groups is 3. The summed E-state index contributed by atoms with van der Waals surface area (Å²) in [5, 5.41) is 65.4. The van der Waals surface area contributed by atoms with Crippen molar-refractivity contribution in [1.82, 2.24) is 4.57 Å². The summed E-state index contributed by atoms with van der Waals surface area (Å²) in [4.78, 5) is 37.4. The zero-order valence-electron chi connectivity index (χ0n) is 42.6. The van der Waals surface area contributed by atoms with Crippen LogP contribution in [0, 0.1) is 13.8 Å². The molecule has 0 saturated carbocycles. The number of phenols is 3. The molecule has 0 bridgehead atoms. The van der Waals surface area contributed by atoms with Crippen molar-refractivity contribution >= 4 is 68.0 Å². The van der Waals surface area contributed by atoms with Crippen LogP contribution in [0.5, 0.6) is 28.7 Å². The molecule has 0 aliphatic carbocycles. The summed E-state index contributed by atoms with van der Waals surface area (Å²) < 4.78 is 9.50. The lowest BCUT2D eigenvalue weighted by Crippen LogP contribution is -2.32. The number of aromatic nitrogens is 2. The van der Waals surface area contributed by atoms with Crippen LogP contribution in [0.4, 0.5) is 5.69 Å². The highest BCUT2D eigenvalue weighted by molar-refractivity contribution is 6.12. The topological polar surface area (TPSA) is 197 Å². The van der Waals surface area contributed by atoms with Crippen molar-refractivity contribution in [3.05, 3.63) is 226 Å². The number of ether oxygens (including phenoxy) is 1. The number of aryl methyl sites for hydroxylation is 2. The van der Waals surface area contributed by atoms with Crippen LogP contribution >= 0.6 is 0 Å². The number of aromatic carboxylic acids is 2. The summed E-state index contributed by atoms with van der Waals surface area (Å²) in [6.07, 6.45) is 4.32. The first-order valence-corrected chi connectivity index (χ1v) is 24.1. The number of fused-ring (bicyclic) bond motifs is 3. The smallest absolute Gasteiger partial charge is 0.339 e. The van der Waals surface area contributed by atoms with Crippen LogP contribution in [-0.2, 0) is 13.5 Å². The molecule has 0 saturated heterocycles. The molecule has 0 aliphatic heterocycles. The molecule has 0 spiro atoms. The molecule has 0 amide bonds. The van der Waals surface area contributed by atoms with Crippen LogP contribution in [-0.4, -0.2) is 69.0 Å². The first-order valence-electron chi connectivity index (χ1n) is 24.1. The Labute approximate surface area is 438 Å². The monoisotopic (exact) mass is 1010 g/mol. The number of ketones is 1. The second-order valence-corrected chi connectivity index (χ2v) is 18.2. The van der Waals surface area contributed by atoms with Crippen molar-refractivity contribution in [2.45, 2.75) is 20.3 Å². The number of anilines is 1. The molecule has 2 aromatic heterocycles. The van der Waals surface area contributed by atoms with E-state index in [1.807, 2.05) is 0 Å². The number of hydrogen-bond donors (Lipinski definition) is 5. The Bertz CT molecular complexity index is 3780. The largest absolute Gasteiger partial charge is 0.872 e. The number of carbonyl (C=O) groups excluding carboxylic acids is 1. The summed E-state index contributed by atoms with van der Waals surface area (Å²) in [5.74, 6) is -3.98. The third kappa shape index (κ3) is 10.9. The Morgan fingerprint density at radius 3 is 1.86 bits per heavy atom. The molecule has 0 atom stereocenters. The molecule has 0 radical (unpaired) electrons. The quantitative estimate of drug-likeness (QED) is 0.0611. The molecule has 0 aliphatic rings. The highest BCUT2D eigenvalue weighted by Gasteiger charge is 2.21. The lowest BCUT2D eigenvalue weighted by molar-refractivity contribution is -0.646. The van der Waals surface area contributed by atoms with Crippen LogP contribution in [0.3, 0.4) is 0 Å². The lowest BCUT2D eigenvalue weighted by Gasteiger charge is -2.21. The predicted molar refractivity (Wildman–Crippen MR) is 296 cm³/mol. The van der Waals surface area contributed by atoms with Crippen LogP contribution in [0.1, 0.15) is 70.4 Å². The van der Waals surface area contributed by atoms with Gasteiger partial charge in [-0.1, -0.05) is 84.6 Å². The normalized spacial score (nSPS) is 11.0. The summed E-state index contributed by atoms with van der Waals surface area (Å²) >= 11 is 0. The number of para-hydroxylation sites is 2. The SMILES string of the molecule is COc1ccc(C(=O)c2ccccc2O)c(O)c1.Cc1cc(C=Cc2ccc3cc(N(C)C)ccc3[n+]2C)c(C)n1-c1ccccc1.O=C(O)c1cc2ccccc2c(Cc2c(O)c(C(=O)O)cc3ccccc23)c1[O-]. The van der Waals surface area contributed by atoms with Gasteiger partial charge in [-0.05, 0) is 125 Å². The Kier molecular flexibility index (Phi) is 15.5. The van der Waals surface area contributed by atoms with Gasteiger partial charge in [0.25, 0.3) is 0 Å². The van der Waals surface area contributed by atoms with Crippen molar-refractivity contribution in [1.29, 1.82) is 0 Å². The van der Waals surface area contributed by atoms with E-state index >= 15 is 0 Å². The second kappa shape index (κ2) is 22.5. The fraction of sp³-hybridized carbons (Fsp3) is 0.111. The van der Waals surface area contributed by atoms with Crippen molar-refractivity contribution < 1.29 is 54.3 Å². The summed E-state index contributed by atoms with van der Waals surface area (Å²) in [7, 11) is 7.75. The number of hydrogen-bond acceptors (Lipinski definition) is 9. The fourth-order valence-corrected chi connectivity index (χ4v) is 9.27. The van der Waals surface area contributed by atoms with Gasteiger partial charge in [-0.15, -0.1) is 0 Å². The van der Waals surface area contributed by atoms with E-state index in [9.17, 15) is 45.0 Å². The number of benzene rings is 8. The van der Waals surface area contributed by atoms with Crippen molar-refractivity contribution in [3.63, 3.8) is 0 Å². The first kappa shape index (κ1) is 52.4. The molecular weight excluding hydrogens is 959 g/mol. The highest BCUT2D eigenvalue weighted by atomic mass is 16.5. The molecule has 10 aromatic rings. The van der Waals surface area contributed by atoms with Gasteiger partial charge in [0.2, 0.25) is 11.2 Å². The van der Waals surface area contributed by atoms with E-state index in [-0.39, 0.29) is 51.3 Å². The molecule has 2 heterocycles. The van der Waals surface area contributed by atoms with E-state index in [2.05, 4.69) is 128 Å². The molecule has 76 heavy (non-hydrogen) atoms. The van der Waals surface area contributed by atoms with Crippen molar-refractivity contribution in [2.24, 2.45) is 7.05 Å². The van der Waals surface area contributed by atoms with Gasteiger partial charge in [0, 0.05) is 78.5 Å². The van der Waals surface area contributed by atoms with Gasteiger partial charge in [0.1, 0.15) is 35.6 Å². The Morgan fingerprint density at radius 1 is 0.618 bits per heavy atom. The third-order valence-electron chi connectivity index (χ3n) is 13.3.